The van der Waals surface area contributed by atoms with E-state index in [9.17, 15) is 0 Å². The molecule has 0 aromatic heterocycles. The zero-order valence-electron chi connectivity index (χ0n) is 7.34. The molecule has 2 nitrogen and oxygen atoms in total. The molecule has 0 aliphatic heterocycles. The molecular formula is C9H14ClNO. The van der Waals surface area contributed by atoms with Crippen molar-refractivity contribution in [2.24, 2.45) is 0 Å². The molecule has 68 valence electrons. The lowest BCUT2D eigenvalue weighted by atomic mass is 10.0. The van der Waals surface area contributed by atoms with Gasteiger partial charge in [0.15, 0.2) is 0 Å². The van der Waals surface area contributed by atoms with Crippen molar-refractivity contribution in [3.8, 4) is 5.75 Å². The molecule has 1 rings (SSSR count). The second kappa shape index (κ2) is 4.33. The highest BCUT2D eigenvalue weighted by atomic mass is 35.5. The average Bonchev–Trinajstić information content (AvgIpc) is 1.94. The van der Waals surface area contributed by atoms with Gasteiger partial charge in [-0.1, -0.05) is 13.8 Å². The Labute approximate surface area is 78.8 Å². The van der Waals surface area contributed by atoms with E-state index in [2.05, 4.69) is 19.6 Å². The zero-order valence-corrected chi connectivity index (χ0v) is 8.10. The van der Waals surface area contributed by atoms with Crippen LogP contribution < -0.4 is 18.1 Å². The van der Waals surface area contributed by atoms with Gasteiger partial charge in [-0.3, -0.25) is 0 Å². The number of phenolic OH excluding ortho intramolecular Hbond substituents is 1. The number of rotatable bonds is 1. The maximum atomic E-state index is 9.16. The molecule has 0 unspecified atom stereocenters. The number of hydrogen-bond acceptors (Lipinski definition) is 1. The van der Waals surface area contributed by atoms with Gasteiger partial charge in [-0.15, -0.1) is 0 Å². The quantitative estimate of drug-likeness (QED) is 0.547. The highest BCUT2D eigenvalue weighted by Crippen LogP contribution is 2.24. The average molecular weight is 188 g/mol. The van der Waals surface area contributed by atoms with Crippen molar-refractivity contribution in [1.82, 2.24) is 0 Å². The molecule has 0 fully saturated rings. The summed E-state index contributed by atoms with van der Waals surface area (Å²) >= 11 is 0. The predicted octanol–water partition coefficient (Wildman–Crippen LogP) is -1.61. The number of phenols is 1. The maximum Gasteiger partial charge on any atom is 0.131 e. The topological polar surface area (TPSA) is 47.9 Å². The lowest BCUT2D eigenvalue weighted by molar-refractivity contribution is -0.256. The summed E-state index contributed by atoms with van der Waals surface area (Å²) in [6.45, 7) is 4.17. The van der Waals surface area contributed by atoms with E-state index in [1.165, 1.54) is 0 Å². The van der Waals surface area contributed by atoms with Gasteiger partial charge in [-0.25, -0.2) is 0 Å². The van der Waals surface area contributed by atoms with Crippen LogP contribution in [0.25, 0.3) is 0 Å². The highest BCUT2D eigenvalue weighted by Gasteiger charge is 2.06. The van der Waals surface area contributed by atoms with Gasteiger partial charge in [0, 0.05) is 11.6 Å². The molecule has 0 amide bonds. The van der Waals surface area contributed by atoms with Crippen LogP contribution in [0, 0.1) is 0 Å². The van der Waals surface area contributed by atoms with Gasteiger partial charge >= 0.3 is 0 Å². The lowest BCUT2D eigenvalue weighted by Gasteiger charge is -2.05. The number of aromatic hydroxyl groups is 1. The normalized spacial score (nSPS) is 9.67. The largest absolute Gasteiger partial charge is 1.00 e. The predicted molar refractivity (Wildman–Crippen MR) is 44.7 cm³/mol. The molecule has 0 aliphatic carbocycles. The van der Waals surface area contributed by atoms with E-state index in [0.29, 0.717) is 11.7 Å². The van der Waals surface area contributed by atoms with Crippen LogP contribution in [-0.4, -0.2) is 5.11 Å². The number of quaternary nitrogens is 1. The highest BCUT2D eigenvalue weighted by molar-refractivity contribution is 5.45. The minimum atomic E-state index is 0. The molecule has 4 N–H and O–H groups in total. The van der Waals surface area contributed by atoms with Gasteiger partial charge < -0.3 is 23.2 Å². The summed E-state index contributed by atoms with van der Waals surface area (Å²) in [6, 6.07) is 5.27. The Morgan fingerprint density at radius 2 is 1.92 bits per heavy atom. The molecule has 0 spiro atoms. The fourth-order valence-electron chi connectivity index (χ4n) is 1.12. The van der Waals surface area contributed by atoms with Crippen LogP contribution in [0.3, 0.4) is 0 Å². The van der Waals surface area contributed by atoms with Crippen molar-refractivity contribution in [2.75, 3.05) is 0 Å². The molecule has 0 saturated heterocycles. The Hall–Kier alpha value is -0.730. The SMILES string of the molecule is CC(C)c1cc(O)ccc1[NH3+].[Cl-]. The van der Waals surface area contributed by atoms with E-state index in [4.69, 9.17) is 5.11 Å². The summed E-state index contributed by atoms with van der Waals surface area (Å²) in [5.41, 5.74) is 5.99. The third-order valence-electron chi connectivity index (χ3n) is 1.75. The molecular weight excluding hydrogens is 174 g/mol. The lowest BCUT2D eigenvalue weighted by Crippen LogP contribution is -3.00. The Morgan fingerprint density at radius 1 is 1.33 bits per heavy atom. The molecule has 12 heavy (non-hydrogen) atoms. The number of benzene rings is 1. The third-order valence-corrected chi connectivity index (χ3v) is 1.75. The van der Waals surface area contributed by atoms with Crippen LogP contribution in [0.15, 0.2) is 18.2 Å². The summed E-state index contributed by atoms with van der Waals surface area (Å²) in [5, 5.41) is 9.16. The summed E-state index contributed by atoms with van der Waals surface area (Å²) in [7, 11) is 0. The minimum Gasteiger partial charge on any atom is -1.00 e. The van der Waals surface area contributed by atoms with Crippen molar-refractivity contribution in [1.29, 1.82) is 0 Å². The van der Waals surface area contributed by atoms with Gasteiger partial charge in [-0.05, 0) is 18.1 Å². The standard InChI is InChI=1S/C9H13NO.ClH/c1-6(2)8-5-7(11)3-4-9(8)10;/h3-6,11H,10H2,1-2H3;1H. The number of halogens is 1. The van der Waals surface area contributed by atoms with E-state index in [-0.39, 0.29) is 12.4 Å². The number of hydrogen-bond donors (Lipinski definition) is 2. The fraction of sp³-hybridized carbons (Fsp3) is 0.333. The first-order valence-corrected chi connectivity index (χ1v) is 3.76. The first-order valence-electron chi connectivity index (χ1n) is 3.76. The third kappa shape index (κ3) is 2.40. The molecule has 3 heteroatoms. The van der Waals surface area contributed by atoms with E-state index in [1.807, 2.05) is 6.07 Å². The second-order valence-corrected chi connectivity index (χ2v) is 3.04. The minimum absolute atomic E-state index is 0. The van der Waals surface area contributed by atoms with E-state index < -0.39 is 0 Å². The van der Waals surface area contributed by atoms with Crippen molar-refractivity contribution < 1.29 is 23.2 Å². The van der Waals surface area contributed by atoms with Crippen molar-refractivity contribution in [3.05, 3.63) is 23.8 Å². The van der Waals surface area contributed by atoms with E-state index in [1.54, 1.807) is 12.1 Å². The summed E-state index contributed by atoms with van der Waals surface area (Å²) in [6.07, 6.45) is 0. The first-order chi connectivity index (χ1) is 5.11. The fourth-order valence-corrected chi connectivity index (χ4v) is 1.12. The van der Waals surface area contributed by atoms with Crippen LogP contribution in [0.1, 0.15) is 25.3 Å². The van der Waals surface area contributed by atoms with E-state index in [0.717, 1.165) is 11.3 Å². The van der Waals surface area contributed by atoms with Gasteiger partial charge in [-0.2, -0.15) is 0 Å². The van der Waals surface area contributed by atoms with Crippen molar-refractivity contribution in [2.45, 2.75) is 19.8 Å². The van der Waals surface area contributed by atoms with Crippen molar-refractivity contribution in [3.63, 3.8) is 0 Å². The molecule has 0 bridgehead atoms. The summed E-state index contributed by atoms with van der Waals surface area (Å²) in [5.74, 6) is 0.746. The van der Waals surface area contributed by atoms with Gasteiger partial charge in [0.25, 0.3) is 0 Å². The van der Waals surface area contributed by atoms with Crippen LogP contribution in [0.2, 0.25) is 0 Å². The Balaban J connectivity index is 0.00000121. The molecule has 0 heterocycles. The Bertz CT molecular complexity index is 261. The Morgan fingerprint density at radius 3 is 2.33 bits per heavy atom. The summed E-state index contributed by atoms with van der Waals surface area (Å²) < 4.78 is 0. The Kier molecular flexibility index (Phi) is 4.07. The van der Waals surface area contributed by atoms with Crippen molar-refractivity contribution >= 4 is 5.69 Å². The van der Waals surface area contributed by atoms with Crippen LogP contribution in [-0.2, 0) is 0 Å². The van der Waals surface area contributed by atoms with Gasteiger partial charge in [0.05, 0.1) is 0 Å². The maximum absolute atomic E-state index is 9.16. The van der Waals surface area contributed by atoms with Crippen LogP contribution >= 0.6 is 0 Å². The van der Waals surface area contributed by atoms with Gasteiger partial charge in [0.1, 0.15) is 11.4 Å². The molecule has 0 atom stereocenters. The second-order valence-electron chi connectivity index (χ2n) is 3.04. The van der Waals surface area contributed by atoms with Gasteiger partial charge in [0.2, 0.25) is 0 Å². The first kappa shape index (κ1) is 11.3. The van der Waals surface area contributed by atoms with E-state index >= 15 is 0 Å². The smallest absolute Gasteiger partial charge is 0.131 e. The molecule has 0 aliphatic rings. The molecule has 1 aromatic carbocycles. The monoisotopic (exact) mass is 187 g/mol. The van der Waals surface area contributed by atoms with Crippen LogP contribution in [0.5, 0.6) is 5.75 Å². The molecule has 0 radical (unpaired) electrons. The van der Waals surface area contributed by atoms with Crippen LogP contribution in [0.4, 0.5) is 5.69 Å². The molecule has 1 aromatic rings. The summed E-state index contributed by atoms with van der Waals surface area (Å²) in [4.78, 5) is 0. The zero-order chi connectivity index (χ0) is 8.43. The molecule has 0 saturated carbocycles.